The maximum Gasteiger partial charge on any atom is 0.412 e. The van der Waals surface area contributed by atoms with Crippen LogP contribution in [-0.4, -0.2) is 44.3 Å². The number of benzene rings is 2. The van der Waals surface area contributed by atoms with Gasteiger partial charge in [-0.15, -0.1) is 0 Å². The molecule has 0 unspecified atom stereocenters. The van der Waals surface area contributed by atoms with E-state index in [0.29, 0.717) is 11.4 Å². The van der Waals surface area contributed by atoms with Crippen molar-refractivity contribution >= 4 is 35.0 Å². The normalized spacial score (nSPS) is 10.7. The topological polar surface area (TPSA) is 97.0 Å². The van der Waals surface area contributed by atoms with Gasteiger partial charge in [0.2, 0.25) is 0 Å². The summed E-state index contributed by atoms with van der Waals surface area (Å²) in [5, 5.41) is 5.24. The molecule has 0 radical (unpaired) electrons. The Morgan fingerprint density at radius 3 is 1.93 bits per heavy atom. The third-order valence-corrected chi connectivity index (χ3v) is 3.77. The summed E-state index contributed by atoms with van der Waals surface area (Å²) in [5.74, 6) is -1.08. The summed E-state index contributed by atoms with van der Waals surface area (Å²) in [4.78, 5) is 37.8. The van der Waals surface area contributed by atoms with Gasteiger partial charge in [0.05, 0.1) is 5.56 Å². The maximum atomic E-state index is 12.1. The summed E-state index contributed by atoms with van der Waals surface area (Å²) in [6, 6.07) is 13.4. The van der Waals surface area contributed by atoms with Crippen LogP contribution in [0.15, 0.2) is 48.5 Å². The minimum Gasteiger partial charge on any atom is -0.452 e. The van der Waals surface area contributed by atoms with E-state index in [2.05, 4.69) is 10.6 Å². The van der Waals surface area contributed by atoms with E-state index in [1.165, 1.54) is 12.1 Å². The molecule has 160 valence electrons. The van der Waals surface area contributed by atoms with E-state index >= 15 is 0 Å². The number of esters is 1. The molecule has 2 aromatic carbocycles. The SMILES string of the molecule is CN(C)c1ccc(NC(=O)COC(=O)c2ccc(NC(=O)OC(C)(C)C)cc2)cc1. The third kappa shape index (κ3) is 7.46. The lowest BCUT2D eigenvalue weighted by Crippen LogP contribution is -2.27. The molecule has 0 spiro atoms. The first-order valence-electron chi connectivity index (χ1n) is 9.38. The first-order chi connectivity index (χ1) is 14.0. The van der Waals surface area contributed by atoms with Gasteiger partial charge in [0.1, 0.15) is 5.60 Å². The molecule has 0 saturated heterocycles. The number of hydrogen-bond donors (Lipinski definition) is 2. The maximum absolute atomic E-state index is 12.1. The smallest absolute Gasteiger partial charge is 0.412 e. The molecule has 8 nitrogen and oxygen atoms in total. The first kappa shape index (κ1) is 22.7. The molecule has 0 aliphatic heterocycles. The van der Waals surface area contributed by atoms with Gasteiger partial charge < -0.3 is 19.7 Å². The predicted octanol–water partition coefficient (Wildman–Crippen LogP) is 3.90. The van der Waals surface area contributed by atoms with Gasteiger partial charge in [0, 0.05) is 31.2 Å². The summed E-state index contributed by atoms with van der Waals surface area (Å²) in [6.45, 7) is 4.88. The van der Waals surface area contributed by atoms with Crippen molar-refractivity contribution < 1.29 is 23.9 Å². The van der Waals surface area contributed by atoms with Crippen LogP contribution in [0.5, 0.6) is 0 Å². The lowest BCUT2D eigenvalue weighted by Gasteiger charge is -2.19. The highest BCUT2D eigenvalue weighted by Gasteiger charge is 2.16. The number of hydrogen-bond acceptors (Lipinski definition) is 6. The fourth-order valence-electron chi connectivity index (χ4n) is 2.37. The van der Waals surface area contributed by atoms with Gasteiger partial charge in [-0.1, -0.05) is 0 Å². The van der Waals surface area contributed by atoms with E-state index in [1.54, 1.807) is 45.0 Å². The molecule has 0 heterocycles. The van der Waals surface area contributed by atoms with Crippen molar-refractivity contribution in [3.05, 3.63) is 54.1 Å². The van der Waals surface area contributed by atoms with Gasteiger partial charge in [0.25, 0.3) is 5.91 Å². The summed E-state index contributed by atoms with van der Waals surface area (Å²) in [6.07, 6.45) is -0.590. The fourth-order valence-corrected chi connectivity index (χ4v) is 2.37. The summed E-state index contributed by atoms with van der Waals surface area (Å²) in [5.41, 5.74) is 1.74. The van der Waals surface area contributed by atoms with Crippen LogP contribution in [0.1, 0.15) is 31.1 Å². The molecule has 2 aromatic rings. The monoisotopic (exact) mass is 413 g/mol. The standard InChI is InChI=1S/C22H27N3O5/c1-22(2,3)30-21(28)24-17-8-6-15(7-9-17)20(27)29-14-19(26)23-16-10-12-18(13-11-16)25(4)5/h6-13H,14H2,1-5H3,(H,23,26)(H,24,28). The summed E-state index contributed by atoms with van der Waals surface area (Å²) >= 11 is 0. The van der Waals surface area contributed by atoms with E-state index in [0.717, 1.165) is 5.69 Å². The fraction of sp³-hybridized carbons (Fsp3) is 0.318. The second kappa shape index (κ2) is 9.78. The number of amides is 2. The average molecular weight is 413 g/mol. The Morgan fingerprint density at radius 2 is 1.40 bits per heavy atom. The Labute approximate surface area is 176 Å². The number of rotatable bonds is 6. The molecule has 0 aliphatic rings. The number of nitrogens with zero attached hydrogens (tertiary/aromatic N) is 1. The molecule has 8 heteroatoms. The molecule has 0 fully saturated rings. The van der Waals surface area contributed by atoms with Crippen molar-refractivity contribution in [2.45, 2.75) is 26.4 Å². The van der Waals surface area contributed by atoms with Gasteiger partial charge in [0.15, 0.2) is 6.61 Å². The van der Waals surface area contributed by atoms with Crippen LogP contribution in [-0.2, 0) is 14.3 Å². The number of ether oxygens (including phenoxy) is 2. The van der Waals surface area contributed by atoms with E-state index in [4.69, 9.17) is 9.47 Å². The minimum atomic E-state index is -0.642. The minimum absolute atomic E-state index is 0.257. The first-order valence-corrected chi connectivity index (χ1v) is 9.38. The van der Waals surface area contributed by atoms with Crippen molar-refractivity contribution in [2.24, 2.45) is 0 Å². The van der Waals surface area contributed by atoms with Gasteiger partial charge in [-0.05, 0) is 69.3 Å². The number of nitrogens with one attached hydrogen (secondary N) is 2. The Balaban J connectivity index is 1.82. The molecule has 0 aliphatic carbocycles. The molecule has 2 N–H and O–H groups in total. The summed E-state index contributed by atoms with van der Waals surface area (Å²) < 4.78 is 10.2. The van der Waals surface area contributed by atoms with Crippen molar-refractivity contribution in [1.82, 2.24) is 0 Å². The molecular weight excluding hydrogens is 386 g/mol. The lowest BCUT2D eigenvalue weighted by molar-refractivity contribution is -0.119. The molecule has 0 atom stereocenters. The highest BCUT2D eigenvalue weighted by Crippen LogP contribution is 2.16. The van der Waals surface area contributed by atoms with E-state index in [-0.39, 0.29) is 5.56 Å². The van der Waals surface area contributed by atoms with Crippen LogP contribution < -0.4 is 15.5 Å². The predicted molar refractivity (Wildman–Crippen MR) is 116 cm³/mol. The molecule has 2 rings (SSSR count). The highest BCUT2D eigenvalue weighted by atomic mass is 16.6. The van der Waals surface area contributed by atoms with Crippen molar-refractivity contribution in [3.63, 3.8) is 0 Å². The van der Waals surface area contributed by atoms with Crippen LogP contribution in [0.2, 0.25) is 0 Å². The van der Waals surface area contributed by atoms with Gasteiger partial charge >= 0.3 is 12.1 Å². The second-order valence-corrected chi connectivity index (χ2v) is 7.77. The van der Waals surface area contributed by atoms with E-state index in [9.17, 15) is 14.4 Å². The van der Waals surface area contributed by atoms with Gasteiger partial charge in [-0.2, -0.15) is 0 Å². The molecule has 2 amide bonds. The lowest BCUT2D eigenvalue weighted by atomic mass is 10.2. The number of carbonyl (C=O) groups excluding carboxylic acids is 3. The Hall–Kier alpha value is -3.55. The van der Waals surface area contributed by atoms with Crippen LogP contribution >= 0.6 is 0 Å². The zero-order valence-electron chi connectivity index (χ0n) is 17.8. The van der Waals surface area contributed by atoms with Crippen molar-refractivity contribution in [2.75, 3.05) is 36.2 Å². The largest absolute Gasteiger partial charge is 0.452 e. The van der Waals surface area contributed by atoms with E-state index in [1.807, 2.05) is 31.1 Å². The number of anilines is 3. The third-order valence-electron chi connectivity index (χ3n) is 3.77. The van der Waals surface area contributed by atoms with Crippen molar-refractivity contribution in [3.8, 4) is 0 Å². The average Bonchev–Trinajstić information content (AvgIpc) is 2.65. The quantitative estimate of drug-likeness (QED) is 0.698. The van der Waals surface area contributed by atoms with Crippen LogP contribution in [0.3, 0.4) is 0 Å². The number of carbonyl (C=O) groups is 3. The molecule has 0 saturated carbocycles. The Bertz CT molecular complexity index is 884. The molecular formula is C22H27N3O5. The van der Waals surface area contributed by atoms with Gasteiger partial charge in [-0.3, -0.25) is 10.1 Å². The highest BCUT2D eigenvalue weighted by molar-refractivity contribution is 5.96. The zero-order valence-corrected chi connectivity index (χ0v) is 17.8. The van der Waals surface area contributed by atoms with Crippen LogP contribution in [0.4, 0.5) is 21.9 Å². The molecule has 0 bridgehead atoms. The molecule has 0 aromatic heterocycles. The van der Waals surface area contributed by atoms with Crippen molar-refractivity contribution in [1.29, 1.82) is 0 Å². The van der Waals surface area contributed by atoms with Crippen LogP contribution in [0, 0.1) is 0 Å². The van der Waals surface area contributed by atoms with Gasteiger partial charge in [-0.25, -0.2) is 9.59 Å². The van der Waals surface area contributed by atoms with Crippen LogP contribution in [0.25, 0.3) is 0 Å². The Kier molecular flexibility index (Phi) is 7.41. The Morgan fingerprint density at radius 1 is 0.867 bits per heavy atom. The molecule has 30 heavy (non-hydrogen) atoms. The summed E-state index contributed by atoms with van der Waals surface area (Å²) in [7, 11) is 3.85. The van der Waals surface area contributed by atoms with E-state index < -0.39 is 30.2 Å². The second-order valence-electron chi connectivity index (χ2n) is 7.77. The zero-order chi connectivity index (χ0) is 22.3.